The van der Waals surface area contributed by atoms with Crippen LogP contribution in [-0.4, -0.2) is 25.2 Å². The highest BCUT2D eigenvalue weighted by Gasteiger charge is 2.04. The van der Waals surface area contributed by atoms with Crippen molar-refractivity contribution in [1.82, 2.24) is 5.32 Å². The van der Waals surface area contributed by atoms with E-state index < -0.39 is 12.1 Å². The first-order valence-corrected chi connectivity index (χ1v) is 5.99. The molecule has 0 bridgehead atoms. The summed E-state index contributed by atoms with van der Waals surface area (Å²) >= 11 is 0. The summed E-state index contributed by atoms with van der Waals surface area (Å²) in [5.74, 6) is -0.0527. The SMILES string of the molecule is C=CC(=O)OCCNC(=O)Oc1ccc(CC)cc1.[HH]. The highest BCUT2D eigenvalue weighted by Crippen LogP contribution is 2.12. The number of amides is 1. The zero-order chi connectivity index (χ0) is 14.1. The van der Waals surface area contributed by atoms with Crippen molar-refractivity contribution in [1.29, 1.82) is 0 Å². The van der Waals surface area contributed by atoms with E-state index in [1.165, 1.54) is 5.56 Å². The lowest BCUT2D eigenvalue weighted by molar-refractivity contribution is -0.137. The van der Waals surface area contributed by atoms with Crippen molar-refractivity contribution in [3.63, 3.8) is 0 Å². The van der Waals surface area contributed by atoms with Gasteiger partial charge in [0.15, 0.2) is 0 Å². The maximum absolute atomic E-state index is 11.4. The summed E-state index contributed by atoms with van der Waals surface area (Å²) in [5.41, 5.74) is 1.17. The molecule has 0 aromatic heterocycles. The minimum Gasteiger partial charge on any atom is -0.461 e. The molecule has 0 spiro atoms. The van der Waals surface area contributed by atoms with Crippen molar-refractivity contribution < 1.29 is 20.5 Å². The summed E-state index contributed by atoms with van der Waals surface area (Å²) in [6, 6.07) is 7.26. The Hall–Kier alpha value is -2.30. The van der Waals surface area contributed by atoms with Gasteiger partial charge in [-0.05, 0) is 24.1 Å². The van der Waals surface area contributed by atoms with Gasteiger partial charge in [0, 0.05) is 7.50 Å². The van der Waals surface area contributed by atoms with Crippen LogP contribution in [0.4, 0.5) is 4.79 Å². The fourth-order valence-corrected chi connectivity index (χ4v) is 1.30. The molecule has 19 heavy (non-hydrogen) atoms. The van der Waals surface area contributed by atoms with E-state index in [1.807, 2.05) is 19.1 Å². The number of carbonyl (C=O) groups excluding carboxylic acids is 2. The molecule has 0 aliphatic rings. The van der Waals surface area contributed by atoms with E-state index in [0.717, 1.165) is 12.5 Å². The zero-order valence-electron chi connectivity index (χ0n) is 10.8. The fraction of sp³-hybridized carbons (Fsp3) is 0.286. The molecule has 1 N–H and O–H groups in total. The maximum atomic E-state index is 11.4. The van der Waals surface area contributed by atoms with Gasteiger partial charge in [0.1, 0.15) is 12.4 Å². The number of hydrogen-bond donors (Lipinski definition) is 1. The Morgan fingerprint density at radius 1 is 1.37 bits per heavy atom. The van der Waals surface area contributed by atoms with E-state index in [2.05, 4.69) is 11.9 Å². The van der Waals surface area contributed by atoms with Crippen LogP contribution >= 0.6 is 0 Å². The van der Waals surface area contributed by atoms with Crippen molar-refractivity contribution in [2.45, 2.75) is 13.3 Å². The third kappa shape index (κ3) is 5.72. The van der Waals surface area contributed by atoms with E-state index in [-0.39, 0.29) is 14.6 Å². The zero-order valence-corrected chi connectivity index (χ0v) is 10.8. The van der Waals surface area contributed by atoms with Crippen molar-refractivity contribution in [2.24, 2.45) is 0 Å². The number of ether oxygens (including phenoxy) is 2. The number of hydrogen-bond acceptors (Lipinski definition) is 4. The Labute approximate surface area is 113 Å². The van der Waals surface area contributed by atoms with Crippen LogP contribution in [0.25, 0.3) is 0 Å². The van der Waals surface area contributed by atoms with Crippen LogP contribution in [0.15, 0.2) is 36.9 Å². The van der Waals surface area contributed by atoms with Crippen molar-refractivity contribution >= 4 is 12.1 Å². The van der Waals surface area contributed by atoms with Gasteiger partial charge < -0.3 is 14.8 Å². The first-order valence-electron chi connectivity index (χ1n) is 5.99. The molecule has 0 heterocycles. The summed E-state index contributed by atoms with van der Waals surface area (Å²) in [5, 5.41) is 2.47. The Morgan fingerprint density at radius 3 is 2.63 bits per heavy atom. The Kier molecular flexibility index (Phi) is 6.15. The molecule has 104 valence electrons. The van der Waals surface area contributed by atoms with Gasteiger partial charge in [-0.15, -0.1) is 0 Å². The first kappa shape index (κ1) is 14.8. The fourth-order valence-electron chi connectivity index (χ4n) is 1.30. The molecule has 1 aromatic rings. The molecule has 0 fully saturated rings. The number of carbonyl (C=O) groups is 2. The highest BCUT2D eigenvalue weighted by molar-refractivity contribution is 5.81. The molecule has 0 radical (unpaired) electrons. The second-order valence-corrected chi connectivity index (χ2v) is 3.69. The Morgan fingerprint density at radius 2 is 2.05 bits per heavy atom. The molecule has 0 aliphatic heterocycles. The topological polar surface area (TPSA) is 64.6 Å². The predicted molar refractivity (Wildman–Crippen MR) is 73.1 cm³/mol. The lowest BCUT2D eigenvalue weighted by Crippen LogP contribution is -2.30. The quantitative estimate of drug-likeness (QED) is 0.487. The average molecular weight is 265 g/mol. The molecule has 0 saturated carbocycles. The number of esters is 1. The van der Waals surface area contributed by atoms with E-state index in [0.29, 0.717) is 5.75 Å². The van der Waals surface area contributed by atoms with Gasteiger partial charge in [-0.3, -0.25) is 0 Å². The second-order valence-electron chi connectivity index (χ2n) is 3.69. The third-order valence-electron chi connectivity index (χ3n) is 2.32. The molecule has 0 saturated heterocycles. The maximum Gasteiger partial charge on any atom is 0.412 e. The summed E-state index contributed by atoms with van der Waals surface area (Å²) in [4.78, 5) is 22.1. The van der Waals surface area contributed by atoms with Gasteiger partial charge in [0.05, 0.1) is 6.54 Å². The van der Waals surface area contributed by atoms with Crippen LogP contribution in [0.3, 0.4) is 0 Å². The summed E-state index contributed by atoms with van der Waals surface area (Å²) < 4.78 is 9.73. The summed E-state index contributed by atoms with van der Waals surface area (Å²) in [6.45, 7) is 5.57. The smallest absolute Gasteiger partial charge is 0.412 e. The van der Waals surface area contributed by atoms with Crippen LogP contribution in [0.2, 0.25) is 0 Å². The van der Waals surface area contributed by atoms with E-state index in [4.69, 9.17) is 9.47 Å². The minimum absolute atomic E-state index is 0. The monoisotopic (exact) mass is 265 g/mol. The molecule has 5 nitrogen and oxygen atoms in total. The highest BCUT2D eigenvalue weighted by atomic mass is 16.6. The number of benzene rings is 1. The number of rotatable bonds is 6. The van der Waals surface area contributed by atoms with Crippen molar-refractivity contribution in [3.8, 4) is 5.75 Å². The van der Waals surface area contributed by atoms with Crippen molar-refractivity contribution in [3.05, 3.63) is 42.5 Å². The molecule has 1 aromatic carbocycles. The standard InChI is InChI=1S/C14H17NO4.H2/c1-3-11-5-7-12(8-6-11)19-14(17)15-9-10-18-13(16)4-2;/h4-8H,2-3,9-10H2,1H3,(H,15,17);1H. The van der Waals surface area contributed by atoms with Crippen molar-refractivity contribution in [2.75, 3.05) is 13.2 Å². The largest absolute Gasteiger partial charge is 0.461 e. The average Bonchev–Trinajstić information content (AvgIpc) is 2.44. The van der Waals surface area contributed by atoms with Crippen LogP contribution in [0.1, 0.15) is 13.9 Å². The van der Waals surface area contributed by atoms with E-state index in [9.17, 15) is 9.59 Å². The van der Waals surface area contributed by atoms with Crippen LogP contribution < -0.4 is 10.1 Å². The number of nitrogens with one attached hydrogen (secondary N) is 1. The molecule has 0 unspecified atom stereocenters. The Bertz CT molecular complexity index is 445. The molecule has 1 rings (SSSR count). The van der Waals surface area contributed by atoms with Gasteiger partial charge in [-0.25, -0.2) is 9.59 Å². The molecule has 1 amide bonds. The third-order valence-corrected chi connectivity index (χ3v) is 2.32. The Balaban J connectivity index is 0.00000361. The van der Waals surface area contributed by atoms with Crippen LogP contribution in [0, 0.1) is 0 Å². The van der Waals surface area contributed by atoms with E-state index in [1.54, 1.807) is 12.1 Å². The molecule has 0 atom stereocenters. The molecule has 5 heteroatoms. The molecule has 0 aliphatic carbocycles. The van der Waals surface area contributed by atoms with Gasteiger partial charge in [-0.2, -0.15) is 0 Å². The van der Waals surface area contributed by atoms with Gasteiger partial charge >= 0.3 is 12.1 Å². The second kappa shape index (κ2) is 7.92. The van der Waals surface area contributed by atoms with Gasteiger partial charge in [0.25, 0.3) is 0 Å². The van der Waals surface area contributed by atoms with Gasteiger partial charge in [-0.1, -0.05) is 25.6 Å². The first-order chi connectivity index (χ1) is 9.15. The lowest BCUT2D eigenvalue weighted by atomic mass is 10.2. The molecular formula is C14H19NO4. The molecular weight excluding hydrogens is 246 g/mol. The van der Waals surface area contributed by atoms with Crippen LogP contribution in [-0.2, 0) is 16.0 Å². The van der Waals surface area contributed by atoms with E-state index >= 15 is 0 Å². The van der Waals surface area contributed by atoms with Gasteiger partial charge in [0.2, 0.25) is 0 Å². The summed E-state index contributed by atoms with van der Waals surface area (Å²) in [7, 11) is 0. The lowest BCUT2D eigenvalue weighted by Gasteiger charge is -2.07. The normalized spacial score (nSPS) is 9.53. The van der Waals surface area contributed by atoms with Crippen LogP contribution in [0.5, 0.6) is 5.75 Å². The predicted octanol–water partition coefficient (Wildman–Crippen LogP) is 2.31. The number of aryl methyl sites for hydroxylation is 1. The minimum atomic E-state index is -0.584. The summed E-state index contributed by atoms with van der Waals surface area (Å²) in [6.07, 6.45) is 1.41.